The predicted molar refractivity (Wildman–Crippen MR) is 77.1 cm³/mol. The molecule has 0 N–H and O–H groups in total. The molecule has 0 bridgehead atoms. The van der Waals surface area contributed by atoms with Gasteiger partial charge in [0, 0.05) is 32.4 Å². The van der Waals surface area contributed by atoms with Gasteiger partial charge in [-0.3, -0.25) is 4.98 Å². The van der Waals surface area contributed by atoms with Crippen molar-refractivity contribution in [1.82, 2.24) is 14.3 Å². The summed E-state index contributed by atoms with van der Waals surface area (Å²) in [5.74, 6) is 0.843. The SMILES string of the molecule is Cc1cncc(N2CCCN(S(=O)(=O)C3CC3)CC2)n1. The molecule has 1 aromatic rings. The smallest absolute Gasteiger partial charge is 0.217 e. The summed E-state index contributed by atoms with van der Waals surface area (Å²) in [6, 6.07) is 0. The van der Waals surface area contributed by atoms with Crippen LogP contribution in [0.15, 0.2) is 12.4 Å². The largest absolute Gasteiger partial charge is 0.354 e. The predicted octanol–water partition coefficient (Wildman–Crippen LogP) is 0.789. The molecule has 1 aliphatic heterocycles. The van der Waals surface area contributed by atoms with Crippen LogP contribution in [0.4, 0.5) is 5.82 Å². The second kappa shape index (κ2) is 5.29. The van der Waals surface area contributed by atoms with Crippen LogP contribution in [0.25, 0.3) is 0 Å². The molecule has 3 rings (SSSR count). The molecule has 110 valence electrons. The topological polar surface area (TPSA) is 66.4 Å². The molecule has 0 aromatic carbocycles. The van der Waals surface area contributed by atoms with E-state index >= 15 is 0 Å². The van der Waals surface area contributed by atoms with Gasteiger partial charge in [-0.15, -0.1) is 0 Å². The lowest BCUT2D eigenvalue weighted by Crippen LogP contribution is -2.37. The molecule has 2 fully saturated rings. The summed E-state index contributed by atoms with van der Waals surface area (Å²) < 4.78 is 26.2. The second-order valence-electron chi connectivity index (χ2n) is 5.50. The molecule has 1 saturated carbocycles. The second-order valence-corrected chi connectivity index (χ2v) is 7.72. The van der Waals surface area contributed by atoms with Crippen LogP contribution in [0.1, 0.15) is 25.0 Å². The van der Waals surface area contributed by atoms with Crippen molar-refractivity contribution in [2.45, 2.75) is 31.4 Å². The molecule has 0 radical (unpaired) electrons. The lowest BCUT2D eigenvalue weighted by Gasteiger charge is -2.22. The summed E-state index contributed by atoms with van der Waals surface area (Å²) >= 11 is 0. The molecule has 0 atom stereocenters. The first-order valence-corrected chi connectivity index (χ1v) is 8.60. The highest BCUT2D eigenvalue weighted by molar-refractivity contribution is 7.90. The maximum atomic E-state index is 12.3. The number of anilines is 1. The first kappa shape index (κ1) is 13.8. The molecule has 0 amide bonds. The first-order valence-electron chi connectivity index (χ1n) is 7.10. The lowest BCUT2D eigenvalue weighted by atomic mass is 10.4. The number of nitrogens with zero attached hydrogens (tertiary/aromatic N) is 4. The molecule has 6 nitrogen and oxygen atoms in total. The summed E-state index contributed by atoms with van der Waals surface area (Å²) in [4.78, 5) is 10.8. The van der Waals surface area contributed by atoms with Gasteiger partial charge >= 0.3 is 0 Å². The Bertz CT molecular complexity index is 586. The van der Waals surface area contributed by atoms with Crippen molar-refractivity contribution >= 4 is 15.8 Å². The van der Waals surface area contributed by atoms with E-state index in [-0.39, 0.29) is 5.25 Å². The van der Waals surface area contributed by atoms with Crippen molar-refractivity contribution in [2.75, 3.05) is 31.1 Å². The summed E-state index contributed by atoms with van der Waals surface area (Å²) in [6.07, 6.45) is 5.96. The highest BCUT2D eigenvalue weighted by Crippen LogP contribution is 2.31. The zero-order valence-electron chi connectivity index (χ0n) is 11.7. The van der Waals surface area contributed by atoms with Gasteiger partial charge in [0.05, 0.1) is 17.1 Å². The average molecular weight is 296 g/mol. The fourth-order valence-corrected chi connectivity index (χ4v) is 4.43. The quantitative estimate of drug-likeness (QED) is 0.825. The zero-order chi connectivity index (χ0) is 14.2. The Balaban J connectivity index is 1.71. The van der Waals surface area contributed by atoms with Crippen molar-refractivity contribution in [1.29, 1.82) is 0 Å². The molecule has 2 heterocycles. The van der Waals surface area contributed by atoms with E-state index in [0.717, 1.165) is 37.3 Å². The Morgan fingerprint density at radius 3 is 2.65 bits per heavy atom. The Hall–Kier alpha value is -1.21. The van der Waals surface area contributed by atoms with E-state index in [1.807, 2.05) is 6.92 Å². The van der Waals surface area contributed by atoms with Crippen LogP contribution in [0.2, 0.25) is 0 Å². The van der Waals surface area contributed by atoms with Crippen LogP contribution in [-0.2, 0) is 10.0 Å². The van der Waals surface area contributed by atoms with Crippen molar-refractivity contribution in [3.63, 3.8) is 0 Å². The number of hydrogen-bond acceptors (Lipinski definition) is 5. The van der Waals surface area contributed by atoms with Crippen molar-refractivity contribution in [3.8, 4) is 0 Å². The van der Waals surface area contributed by atoms with E-state index in [9.17, 15) is 8.42 Å². The van der Waals surface area contributed by atoms with Crippen LogP contribution in [0.3, 0.4) is 0 Å². The van der Waals surface area contributed by atoms with E-state index in [2.05, 4.69) is 14.9 Å². The number of hydrogen-bond donors (Lipinski definition) is 0. The number of aryl methyl sites for hydroxylation is 1. The Labute approximate surface area is 119 Å². The number of aromatic nitrogens is 2. The molecule has 1 aliphatic carbocycles. The van der Waals surface area contributed by atoms with E-state index < -0.39 is 10.0 Å². The minimum atomic E-state index is -3.06. The minimum absolute atomic E-state index is 0.118. The molecular formula is C13H20N4O2S. The van der Waals surface area contributed by atoms with Gasteiger partial charge in [-0.2, -0.15) is 4.31 Å². The fourth-order valence-electron chi connectivity index (χ4n) is 2.56. The van der Waals surface area contributed by atoms with Gasteiger partial charge in [-0.25, -0.2) is 13.4 Å². The minimum Gasteiger partial charge on any atom is -0.354 e. The highest BCUT2D eigenvalue weighted by atomic mass is 32.2. The average Bonchev–Trinajstić information content (AvgIpc) is 3.25. The lowest BCUT2D eigenvalue weighted by molar-refractivity contribution is 0.432. The van der Waals surface area contributed by atoms with Gasteiger partial charge in [-0.1, -0.05) is 0 Å². The van der Waals surface area contributed by atoms with Crippen LogP contribution in [0.5, 0.6) is 0 Å². The zero-order valence-corrected chi connectivity index (χ0v) is 12.5. The summed E-state index contributed by atoms with van der Waals surface area (Å²) in [6.45, 7) is 4.60. The summed E-state index contributed by atoms with van der Waals surface area (Å²) in [7, 11) is -3.06. The van der Waals surface area contributed by atoms with Crippen molar-refractivity contribution < 1.29 is 8.42 Å². The molecule has 1 saturated heterocycles. The standard InChI is InChI=1S/C13H20N4O2S/c1-11-9-14-10-13(15-11)16-5-2-6-17(8-7-16)20(18,19)12-3-4-12/h9-10,12H,2-8H2,1H3. The molecule has 7 heteroatoms. The van der Waals surface area contributed by atoms with Gasteiger partial charge in [-0.05, 0) is 26.2 Å². The van der Waals surface area contributed by atoms with Crippen molar-refractivity contribution in [2.24, 2.45) is 0 Å². The van der Waals surface area contributed by atoms with Gasteiger partial charge in [0.15, 0.2) is 0 Å². The third kappa shape index (κ3) is 2.78. The molecule has 0 unspecified atom stereocenters. The Morgan fingerprint density at radius 1 is 1.15 bits per heavy atom. The van der Waals surface area contributed by atoms with Crippen LogP contribution >= 0.6 is 0 Å². The normalized spacial score (nSPS) is 21.8. The van der Waals surface area contributed by atoms with Gasteiger partial charge in [0.25, 0.3) is 0 Å². The van der Waals surface area contributed by atoms with Crippen LogP contribution in [-0.4, -0.2) is 54.1 Å². The highest BCUT2D eigenvalue weighted by Gasteiger charge is 2.40. The maximum Gasteiger partial charge on any atom is 0.217 e. The number of rotatable bonds is 3. The van der Waals surface area contributed by atoms with Crippen LogP contribution < -0.4 is 4.90 Å². The van der Waals surface area contributed by atoms with Crippen LogP contribution in [0, 0.1) is 6.92 Å². The first-order chi connectivity index (χ1) is 9.57. The van der Waals surface area contributed by atoms with Gasteiger partial charge < -0.3 is 4.90 Å². The van der Waals surface area contributed by atoms with Gasteiger partial charge in [0.1, 0.15) is 5.82 Å². The number of sulfonamides is 1. The van der Waals surface area contributed by atoms with E-state index in [1.54, 1.807) is 16.7 Å². The molecule has 0 spiro atoms. The summed E-state index contributed by atoms with van der Waals surface area (Å²) in [5.41, 5.74) is 0.884. The van der Waals surface area contributed by atoms with Crippen molar-refractivity contribution in [3.05, 3.63) is 18.1 Å². The third-order valence-electron chi connectivity index (χ3n) is 3.83. The van der Waals surface area contributed by atoms with E-state index in [4.69, 9.17) is 0 Å². The van der Waals surface area contributed by atoms with Gasteiger partial charge in [0.2, 0.25) is 10.0 Å². The Kier molecular flexibility index (Phi) is 3.64. The molecule has 20 heavy (non-hydrogen) atoms. The van der Waals surface area contributed by atoms with E-state index in [0.29, 0.717) is 19.6 Å². The molecule has 2 aliphatic rings. The Morgan fingerprint density at radius 2 is 1.95 bits per heavy atom. The molecule has 1 aromatic heterocycles. The molecular weight excluding hydrogens is 276 g/mol. The fraction of sp³-hybridized carbons (Fsp3) is 0.692. The van der Waals surface area contributed by atoms with E-state index in [1.165, 1.54) is 0 Å². The third-order valence-corrected chi connectivity index (χ3v) is 6.23. The summed E-state index contributed by atoms with van der Waals surface area (Å²) in [5, 5.41) is -0.118. The monoisotopic (exact) mass is 296 g/mol. The maximum absolute atomic E-state index is 12.3.